The maximum Gasteiger partial charge on any atom is 0.234 e. The van der Waals surface area contributed by atoms with E-state index in [-0.39, 0.29) is 24.0 Å². The van der Waals surface area contributed by atoms with Crippen LogP contribution in [0.4, 0.5) is 0 Å². The number of amides is 2. The second-order valence-corrected chi connectivity index (χ2v) is 5.86. The lowest BCUT2D eigenvalue weighted by molar-refractivity contribution is -0.131. The van der Waals surface area contributed by atoms with Crippen molar-refractivity contribution in [2.45, 2.75) is 44.8 Å². The topological polar surface area (TPSA) is 72.9 Å². The predicted molar refractivity (Wildman–Crippen MR) is 75.1 cm³/mol. The van der Waals surface area contributed by atoms with Gasteiger partial charge < -0.3 is 15.3 Å². The van der Waals surface area contributed by atoms with Crippen molar-refractivity contribution in [1.82, 2.24) is 15.1 Å². The predicted octanol–water partition coefficient (Wildman–Crippen LogP) is -0.430. The van der Waals surface area contributed by atoms with Gasteiger partial charge in [0, 0.05) is 39.1 Å². The van der Waals surface area contributed by atoms with Crippen molar-refractivity contribution in [1.29, 1.82) is 0 Å². The first-order valence-corrected chi connectivity index (χ1v) is 7.50. The van der Waals surface area contributed by atoms with Gasteiger partial charge in [0.25, 0.3) is 0 Å². The summed E-state index contributed by atoms with van der Waals surface area (Å²) in [7, 11) is 0. The molecule has 6 heteroatoms. The Kier molecular flexibility index (Phi) is 5.37. The fraction of sp³-hybridized carbons (Fsp3) is 0.857. The Morgan fingerprint density at radius 1 is 1.10 bits per heavy atom. The summed E-state index contributed by atoms with van der Waals surface area (Å²) in [5, 5.41) is 12.5. The summed E-state index contributed by atoms with van der Waals surface area (Å²) in [6, 6.07) is 0.212. The molecule has 6 nitrogen and oxygen atoms in total. The number of carbonyl (C=O) groups is 2. The van der Waals surface area contributed by atoms with Gasteiger partial charge in [0.05, 0.1) is 12.6 Å². The zero-order chi connectivity index (χ0) is 14.5. The fourth-order valence-electron chi connectivity index (χ4n) is 2.92. The van der Waals surface area contributed by atoms with E-state index >= 15 is 0 Å². The van der Waals surface area contributed by atoms with Crippen LogP contribution in [-0.2, 0) is 9.59 Å². The Balaban J connectivity index is 1.66. The van der Waals surface area contributed by atoms with Crippen LogP contribution in [0, 0.1) is 0 Å². The summed E-state index contributed by atoms with van der Waals surface area (Å²) in [4.78, 5) is 27.1. The van der Waals surface area contributed by atoms with Gasteiger partial charge in [-0.1, -0.05) is 0 Å². The quantitative estimate of drug-likeness (QED) is 0.737. The van der Waals surface area contributed by atoms with Crippen LogP contribution >= 0.6 is 0 Å². The molecule has 2 aliphatic rings. The standard InChI is InChI=1S/C14H25N3O3/c1-11(18)17-8-6-16(7-9-17)10-14(20)15-12-2-4-13(19)5-3-12/h12-13,19H,2-10H2,1H3,(H,15,20). The van der Waals surface area contributed by atoms with Crippen LogP contribution < -0.4 is 5.32 Å². The molecule has 1 saturated carbocycles. The number of hydrogen-bond acceptors (Lipinski definition) is 4. The number of nitrogens with zero attached hydrogens (tertiary/aromatic N) is 2. The van der Waals surface area contributed by atoms with Crippen LogP contribution in [0.25, 0.3) is 0 Å². The highest BCUT2D eigenvalue weighted by atomic mass is 16.3. The van der Waals surface area contributed by atoms with E-state index in [1.807, 2.05) is 4.90 Å². The molecule has 1 heterocycles. The van der Waals surface area contributed by atoms with E-state index in [0.717, 1.165) is 38.8 Å². The fourth-order valence-corrected chi connectivity index (χ4v) is 2.92. The highest BCUT2D eigenvalue weighted by molar-refractivity contribution is 5.78. The van der Waals surface area contributed by atoms with E-state index in [1.54, 1.807) is 6.92 Å². The summed E-state index contributed by atoms with van der Waals surface area (Å²) in [5.74, 6) is 0.164. The molecule has 2 fully saturated rings. The Morgan fingerprint density at radius 2 is 1.70 bits per heavy atom. The third kappa shape index (κ3) is 4.45. The minimum Gasteiger partial charge on any atom is -0.393 e. The number of piperazine rings is 1. The Labute approximate surface area is 120 Å². The SMILES string of the molecule is CC(=O)N1CCN(CC(=O)NC2CCC(O)CC2)CC1. The summed E-state index contributed by atoms with van der Waals surface area (Å²) in [5.41, 5.74) is 0. The molecule has 2 amide bonds. The first-order valence-electron chi connectivity index (χ1n) is 7.50. The molecule has 1 aliphatic carbocycles. The average molecular weight is 283 g/mol. The van der Waals surface area contributed by atoms with Gasteiger partial charge in [0.2, 0.25) is 11.8 Å². The molecule has 0 aromatic carbocycles. The third-order valence-corrected chi connectivity index (χ3v) is 4.25. The Morgan fingerprint density at radius 3 is 2.25 bits per heavy atom. The molecule has 0 unspecified atom stereocenters. The van der Waals surface area contributed by atoms with Gasteiger partial charge in [-0.3, -0.25) is 14.5 Å². The van der Waals surface area contributed by atoms with Crippen LogP contribution in [0.1, 0.15) is 32.6 Å². The second kappa shape index (κ2) is 7.04. The van der Waals surface area contributed by atoms with Gasteiger partial charge in [-0.25, -0.2) is 0 Å². The molecular formula is C14H25N3O3. The van der Waals surface area contributed by atoms with Gasteiger partial charge >= 0.3 is 0 Å². The van der Waals surface area contributed by atoms with Crippen molar-refractivity contribution < 1.29 is 14.7 Å². The maximum atomic E-state index is 12.0. The smallest absolute Gasteiger partial charge is 0.234 e. The molecule has 0 spiro atoms. The van der Waals surface area contributed by atoms with Crippen LogP contribution in [-0.4, -0.2) is 71.6 Å². The van der Waals surface area contributed by atoms with Crippen molar-refractivity contribution in [3.05, 3.63) is 0 Å². The second-order valence-electron chi connectivity index (χ2n) is 5.86. The Bertz CT molecular complexity index is 346. The molecule has 1 saturated heterocycles. The summed E-state index contributed by atoms with van der Waals surface area (Å²) >= 11 is 0. The number of hydrogen-bond donors (Lipinski definition) is 2. The molecule has 2 N–H and O–H groups in total. The molecule has 0 aromatic rings. The minimum absolute atomic E-state index is 0.0580. The van der Waals surface area contributed by atoms with Gasteiger partial charge in [0.1, 0.15) is 0 Å². The lowest BCUT2D eigenvalue weighted by atomic mass is 9.93. The van der Waals surface area contributed by atoms with E-state index < -0.39 is 0 Å². The lowest BCUT2D eigenvalue weighted by Crippen LogP contribution is -2.51. The number of rotatable bonds is 3. The molecule has 0 bridgehead atoms. The van der Waals surface area contributed by atoms with E-state index in [0.29, 0.717) is 19.6 Å². The first-order chi connectivity index (χ1) is 9.54. The Hall–Kier alpha value is -1.14. The molecule has 114 valence electrons. The molecule has 2 rings (SSSR count). The number of aliphatic hydroxyl groups excluding tert-OH is 1. The minimum atomic E-state index is -0.192. The normalized spacial score (nSPS) is 28.2. The van der Waals surface area contributed by atoms with Crippen molar-refractivity contribution in [3.63, 3.8) is 0 Å². The van der Waals surface area contributed by atoms with Crippen molar-refractivity contribution in [2.75, 3.05) is 32.7 Å². The first kappa shape index (κ1) is 15.3. The summed E-state index contributed by atoms with van der Waals surface area (Å²) < 4.78 is 0. The molecule has 1 aliphatic heterocycles. The van der Waals surface area contributed by atoms with Crippen LogP contribution in [0.5, 0.6) is 0 Å². The summed E-state index contributed by atoms with van der Waals surface area (Å²) in [6.07, 6.45) is 3.10. The summed E-state index contributed by atoms with van der Waals surface area (Å²) in [6.45, 7) is 4.92. The monoisotopic (exact) mass is 283 g/mol. The number of aliphatic hydroxyl groups is 1. The van der Waals surface area contributed by atoms with E-state index in [9.17, 15) is 14.7 Å². The number of carbonyl (C=O) groups excluding carboxylic acids is 2. The molecule has 20 heavy (non-hydrogen) atoms. The van der Waals surface area contributed by atoms with E-state index in [1.165, 1.54) is 0 Å². The van der Waals surface area contributed by atoms with E-state index in [4.69, 9.17) is 0 Å². The average Bonchev–Trinajstić information content (AvgIpc) is 2.42. The lowest BCUT2D eigenvalue weighted by Gasteiger charge is -2.34. The molecule has 0 atom stereocenters. The van der Waals surface area contributed by atoms with Crippen molar-refractivity contribution in [2.24, 2.45) is 0 Å². The highest BCUT2D eigenvalue weighted by Gasteiger charge is 2.23. The highest BCUT2D eigenvalue weighted by Crippen LogP contribution is 2.18. The van der Waals surface area contributed by atoms with Crippen molar-refractivity contribution >= 4 is 11.8 Å². The zero-order valence-corrected chi connectivity index (χ0v) is 12.2. The van der Waals surface area contributed by atoms with Crippen LogP contribution in [0.2, 0.25) is 0 Å². The zero-order valence-electron chi connectivity index (χ0n) is 12.2. The third-order valence-electron chi connectivity index (χ3n) is 4.25. The van der Waals surface area contributed by atoms with Gasteiger partial charge in [0.15, 0.2) is 0 Å². The maximum absolute atomic E-state index is 12.0. The van der Waals surface area contributed by atoms with Gasteiger partial charge in [-0.05, 0) is 25.7 Å². The molecule has 0 radical (unpaired) electrons. The van der Waals surface area contributed by atoms with Crippen LogP contribution in [0.3, 0.4) is 0 Å². The molecule has 0 aromatic heterocycles. The van der Waals surface area contributed by atoms with E-state index in [2.05, 4.69) is 10.2 Å². The van der Waals surface area contributed by atoms with Crippen molar-refractivity contribution in [3.8, 4) is 0 Å². The number of nitrogens with one attached hydrogen (secondary N) is 1. The van der Waals surface area contributed by atoms with Gasteiger partial charge in [-0.15, -0.1) is 0 Å². The largest absolute Gasteiger partial charge is 0.393 e. The van der Waals surface area contributed by atoms with Gasteiger partial charge in [-0.2, -0.15) is 0 Å². The molecular weight excluding hydrogens is 258 g/mol. The van der Waals surface area contributed by atoms with Crippen LogP contribution in [0.15, 0.2) is 0 Å².